The number of hydrogen-bond donors (Lipinski definition) is 1. The van der Waals surface area contributed by atoms with Gasteiger partial charge in [0.1, 0.15) is 16.6 Å². The van der Waals surface area contributed by atoms with E-state index in [1.54, 1.807) is 7.05 Å². The summed E-state index contributed by atoms with van der Waals surface area (Å²) in [6.45, 7) is 0. The van der Waals surface area contributed by atoms with Gasteiger partial charge in [-0.25, -0.2) is 4.98 Å². The van der Waals surface area contributed by atoms with E-state index < -0.39 is 0 Å². The Kier molecular flexibility index (Phi) is 3.22. The number of hydrogen-bond acceptors (Lipinski definition) is 4. The van der Waals surface area contributed by atoms with Crippen LogP contribution in [0.5, 0.6) is 0 Å². The minimum atomic E-state index is 0.631. The van der Waals surface area contributed by atoms with Crippen LogP contribution in [-0.4, -0.2) is 12.0 Å². The van der Waals surface area contributed by atoms with Crippen molar-refractivity contribution in [2.24, 2.45) is 0 Å². The Hall–Kier alpha value is -1.38. The molecule has 0 fully saturated rings. The normalized spacial score (nSPS) is 9.81. The molecule has 1 aromatic carbocycles. The van der Waals surface area contributed by atoms with E-state index in [2.05, 4.69) is 32.3 Å². The smallest absolute Gasteiger partial charge is 0.184 e. The van der Waals surface area contributed by atoms with Gasteiger partial charge in [0.05, 0.1) is 0 Å². The molecule has 0 bridgehead atoms. The lowest BCUT2D eigenvalue weighted by atomic mass is 10.1. The summed E-state index contributed by atoms with van der Waals surface area (Å²) in [7, 11) is 1.80. The molecule has 16 heavy (non-hydrogen) atoms. The molecule has 0 amide bonds. The van der Waals surface area contributed by atoms with Crippen LogP contribution < -0.4 is 5.32 Å². The number of benzene rings is 1. The molecule has 0 unspecified atom stereocenters. The number of halogens is 1. The molecular weight excluding hydrogens is 286 g/mol. The first-order chi connectivity index (χ1) is 7.74. The van der Waals surface area contributed by atoms with Crippen LogP contribution in [0.25, 0.3) is 11.3 Å². The van der Waals surface area contributed by atoms with Gasteiger partial charge in [-0.3, -0.25) is 0 Å². The van der Waals surface area contributed by atoms with Crippen molar-refractivity contribution < 1.29 is 0 Å². The van der Waals surface area contributed by atoms with Gasteiger partial charge >= 0.3 is 0 Å². The van der Waals surface area contributed by atoms with E-state index in [9.17, 15) is 0 Å². The van der Waals surface area contributed by atoms with Crippen LogP contribution >= 0.6 is 27.3 Å². The molecular formula is C11H8BrN3S. The van der Waals surface area contributed by atoms with Gasteiger partial charge in [0.25, 0.3) is 0 Å². The van der Waals surface area contributed by atoms with Crippen LogP contribution in [0.4, 0.5) is 5.13 Å². The van der Waals surface area contributed by atoms with Crippen molar-refractivity contribution in [3.05, 3.63) is 33.6 Å². The molecule has 0 aliphatic heterocycles. The second-order valence-electron chi connectivity index (χ2n) is 3.07. The maximum Gasteiger partial charge on any atom is 0.184 e. The summed E-state index contributed by atoms with van der Waals surface area (Å²) in [5.74, 6) is 0. The van der Waals surface area contributed by atoms with Crippen LogP contribution in [0.15, 0.2) is 28.7 Å². The summed E-state index contributed by atoms with van der Waals surface area (Å²) < 4.78 is 1.01. The zero-order valence-corrected chi connectivity index (χ0v) is 10.9. The summed E-state index contributed by atoms with van der Waals surface area (Å²) in [5, 5.41) is 12.7. The van der Waals surface area contributed by atoms with Gasteiger partial charge in [0.2, 0.25) is 0 Å². The second kappa shape index (κ2) is 4.64. The van der Waals surface area contributed by atoms with Crippen molar-refractivity contribution >= 4 is 32.4 Å². The third-order valence-corrected chi connectivity index (χ3v) is 3.57. The Morgan fingerprint density at radius 2 is 2.06 bits per heavy atom. The maximum atomic E-state index is 9.03. The predicted molar refractivity (Wildman–Crippen MR) is 69.5 cm³/mol. The molecule has 0 saturated heterocycles. The molecule has 3 nitrogen and oxygen atoms in total. The maximum absolute atomic E-state index is 9.03. The summed E-state index contributed by atoms with van der Waals surface area (Å²) in [5.41, 5.74) is 1.70. The number of nitrogens with zero attached hydrogens (tertiary/aromatic N) is 2. The lowest BCUT2D eigenvalue weighted by molar-refractivity contribution is 1.35. The molecule has 0 saturated carbocycles. The lowest BCUT2D eigenvalue weighted by Gasteiger charge is -1.97. The molecule has 0 atom stereocenters. The SMILES string of the molecule is CNc1nc(-c2ccc(Br)cc2)c(C#N)s1. The van der Waals surface area contributed by atoms with Gasteiger partial charge in [0, 0.05) is 17.1 Å². The third kappa shape index (κ3) is 2.08. The van der Waals surface area contributed by atoms with E-state index in [4.69, 9.17) is 5.26 Å². The first kappa shape index (κ1) is 11.1. The fraction of sp³-hybridized carbons (Fsp3) is 0.0909. The van der Waals surface area contributed by atoms with Crippen molar-refractivity contribution in [3.8, 4) is 17.3 Å². The van der Waals surface area contributed by atoms with E-state index >= 15 is 0 Å². The van der Waals surface area contributed by atoms with Crippen LogP contribution in [0.2, 0.25) is 0 Å². The molecule has 80 valence electrons. The number of nitriles is 1. The molecule has 0 spiro atoms. The molecule has 1 aromatic heterocycles. The van der Waals surface area contributed by atoms with Crippen molar-refractivity contribution in [3.63, 3.8) is 0 Å². The highest BCUT2D eigenvalue weighted by Crippen LogP contribution is 2.30. The van der Waals surface area contributed by atoms with Gasteiger partial charge < -0.3 is 5.32 Å². The Bertz CT molecular complexity index is 539. The Labute approximate surface area is 106 Å². The molecule has 5 heteroatoms. The summed E-state index contributed by atoms with van der Waals surface area (Å²) in [4.78, 5) is 5.00. The standard InChI is InChI=1S/C11H8BrN3S/c1-14-11-15-10(9(6-13)16-11)7-2-4-8(12)5-3-7/h2-5H,1H3,(H,14,15). The highest BCUT2D eigenvalue weighted by molar-refractivity contribution is 9.10. The van der Waals surface area contributed by atoms with E-state index in [1.807, 2.05) is 24.3 Å². The average molecular weight is 294 g/mol. The lowest BCUT2D eigenvalue weighted by Crippen LogP contribution is -1.86. The Morgan fingerprint density at radius 1 is 1.38 bits per heavy atom. The number of anilines is 1. The fourth-order valence-electron chi connectivity index (χ4n) is 1.31. The van der Waals surface area contributed by atoms with Crippen LogP contribution in [-0.2, 0) is 0 Å². The van der Waals surface area contributed by atoms with Crippen LogP contribution in [0, 0.1) is 11.3 Å². The quantitative estimate of drug-likeness (QED) is 0.922. The largest absolute Gasteiger partial charge is 0.365 e. The molecule has 2 aromatic rings. The van der Waals surface area contributed by atoms with Gasteiger partial charge in [-0.1, -0.05) is 39.4 Å². The number of aromatic nitrogens is 1. The predicted octanol–water partition coefficient (Wildman–Crippen LogP) is 3.49. The van der Waals surface area contributed by atoms with Gasteiger partial charge in [-0.15, -0.1) is 0 Å². The number of thiazole rings is 1. The molecule has 1 heterocycles. The third-order valence-electron chi connectivity index (χ3n) is 2.06. The first-order valence-electron chi connectivity index (χ1n) is 4.59. The summed E-state index contributed by atoms with van der Waals surface area (Å²) >= 11 is 4.74. The summed E-state index contributed by atoms with van der Waals surface area (Å²) in [6, 6.07) is 9.93. The van der Waals surface area contributed by atoms with E-state index in [0.717, 1.165) is 20.9 Å². The zero-order chi connectivity index (χ0) is 11.5. The number of nitrogens with one attached hydrogen (secondary N) is 1. The monoisotopic (exact) mass is 293 g/mol. The fourth-order valence-corrected chi connectivity index (χ4v) is 2.31. The minimum Gasteiger partial charge on any atom is -0.365 e. The molecule has 0 aliphatic carbocycles. The van der Waals surface area contributed by atoms with Crippen LogP contribution in [0.3, 0.4) is 0 Å². The molecule has 2 rings (SSSR count). The first-order valence-corrected chi connectivity index (χ1v) is 6.20. The summed E-state index contributed by atoms with van der Waals surface area (Å²) in [6.07, 6.45) is 0. The minimum absolute atomic E-state index is 0.631. The van der Waals surface area contributed by atoms with Gasteiger partial charge in [0.15, 0.2) is 5.13 Å². The highest BCUT2D eigenvalue weighted by atomic mass is 79.9. The van der Waals surface area contributed by atoms with E-state index in [-0.39, 0.29) is 0 Å². The van der Waals surface area contributed by atoms with E-state index in [0.29, 0.717) is 4.88 Å². The zero-order valence-electron chi connectivity index (χ0n) is 8.49. The molecule has 0 aliphatic rings. The van der Waals surface area contributed by atoms with Crippen molar-refractivity contribution in [1.29, 1.82) is 5.26 Å². The number of rotatable bonds is 2. The second-order valence-corrected chi connectivity index (χ2v) is 4.98. The van der Waals surface area contributed by atoms with Crippen LogP contribution in [0.1, 0.15) is 4.88 Å². The van der Waals surface area contributed by atoms with Crippen molar-refractivity contribution in [1.82, 2.24) is 4.98 Å². The molecule has 1 N–H and O–H groups in total. The Morgan fingerprint density at radius 3 is 2.62 bits per heavy atom. The van der Waals surface area contributed by atoms with Gasteiger partial charge in [-0.2, -0.15) is 5.26 Å². The van der Waals surface area contributed by atoms with Gasteiger partial charge in [-0.05, 0) is 12.1 Å². The van der Waals surface area contributed by atoms with Crippen molar-refractivity contribution in [2.75, 3.05) is 12.4 Å². The highest BCUT2D eigenvalue weighted by Gasteiger charge is 2.11. The van der Waals surface area contributed by atoms with Crippen molar-refractivity contribution in [2.45, 2.75) is 0 Å². The van der Waals surface area contributed by atoms with E-state index in [1.165, 1.54) is 11.3 Å². The Balaban J connectivity index is 2.51. The molecule has 0 radical (unpaired) electrons. The average Bonchev–Trinajstić information content (AvgIpc) is 2.73. The topological polar surface area (TPSA) is 48.7 Å².